The zero-order valence-corrected chi connectivity index (χ0v) is 13.1. The molecule has 1 aliphatic heterocycles. The summed E-state index contributed by atoms with van der Waals surface area (Å²) >= 11 is 0. The van der Waals surface area contributed by atoms with Crippen LogP contribution in [0.2, 0.25) is 0 Å². The highest BCUT2D eigenvalue weighted by Crippen LogP contribution is 2.24. The third kappa shape index (κ3) is 4.91. The molecule has 0 unspecified atom stereocenters. The maximum absolute atomic E-state index is 12.0. The summed E-state index contributed by atoms with van der Waals surface area (Å²) in [6, 6.07) is 0. The van der Waals surface area contributed by atoms with Crippen LogP contribution in [0.1, 0.15) is 32.1 Å². The van der Waals surface area contributed by atoms with Crippen LogP contribution in [0.4, 0.5) is 0 Å². The summed E-state index contributed by atoms with van der Waals surface area (Å²) in [5, 5.41) is 8.43. The number of hydrogen-bond acceptors (Lipinski definition) is 5. The number of nitrogens with zero attached hydrogens (tertiary/aromatic N) is 2. The van der Waals surface area contributed by atoms with Crippen LogP contribution < -0.4 is 5.48 Å². The first-order valence-corrected chi connectivity index (χ1v) is 9.25. The van der Waals surface area contributed by atoms with Crippen molar-refractivity contribution < 1.29 is 18.4 Å². The van der Waals surface area contributed by atoms with Gasteiger partial charge in [0, 0.05) is 32.7 Å². The minimum atomic E-state index is -3.62. The van der Waals surface area contributed by atoms with E-state index in [1.807, 2.05) is 0 Å². The summed E-state index contributed by atoms with van der Waals surface area (Å²) in [5.74, 6) is -0.826. The Balaban J connectivity index is 1.78. The Bertz CT molecular complexity index is 440. The van der Waals surface area contributed by atoms with Gasteiger partial charge in [0.15, 0.2) is 0 Å². The molecular formula is C13H25N3O4S. The van der Waals surface area contributed by atoms with Gasteiger partial charge in [0.1, 0.15) is 5.75 Å². The largest absolute Gasteiger partial charge is 0.300 e. The van der Waals surface area contributed by atoms with E-state index in [2.05, 4.69) is 4.90 Å². The average molecular weight is 319 g/mol. The molecule has 0 radical (unpaired) electrons. The Kier molecular flexibility index (Phi) is 5.98. The van der Waals surface area contributed by atoms with Gasteiger partial charge in [-0.15, -0.1) is 0 Å². The van der Waals surface area contributed by atoms with Gasteiger partial charge >= 0.3 is 0 Å². The van der Waals surface area contributed by atoms with E-state index in [4.69, 9.17) is 5.21 Å². The highest BCUT2D eigenvalue weighted by Gasteiger charge is 2.29. The van der Waals surface area contributed by atoms with Crippen molar-refractivity contribution >= 4 is 15.9 Å². The van der Waals surface area contributed by atoms with Crippen molar-refractivity contribution in [2.75, 3.05) is 38.5 Å². The van der Waals surface area contributed by atoms with E-state index in [0.717, 1.165) is 25.6 Å². The Morgan fingerprint density at radius 2 is 1.71 bits per heavy atom. The zero-order valence-electron chi connectivity index (χ0n) is 12.3. The van der Waals surface area contributed by atoms with Gasteiger partial charge in [0.05, 0.1) is 0 Å². The van der Waals surface area contributed by atoms with Crippen LogP contribution >= 0.6 is 0 Å². The Labute approximate surface area is 126 Å². The quantitative estimate of drug-likeness (QED) is 0.551. The molecule has 1 heterocycles. The molecule has 7 nitrogen and oxygen atoms in total. The molecule has 21 heavy (non-hydrogen) atoms. The van der Waals surface area contributed by atoms with Crippen LogP contribution in [0.25, 0.3) is 0 Å². The van der Waals surface area contributed by atoms with Crippen molar-refractivity contribution in [1.29, 1.82) is 0 Å². The molecule has 8 heteroatoms. The standard InChI is InChI=1S/C13H25N3O4S/c17-13(14-18)11-21(19,20)16-8-6-15(7-9-16)10-12-4-2-1-3-5-12/h12,18H,1-11H2,(H,14,17). The Hall–Kier alpha value is -0.700. The second kappa shape index (κ2) is 7.53. The number of hydrogen-bond donors (Lipinski definition) is 2. The van der Waals surface area contributed by atoms with Crippen molar-refractivity contribution in [2.45, 2.75) is 32.1 Å². The fourth-order valence-electron chi connectivity index (χ4n) is 3.21. The van der Waals surface area contributed by atoms with Crippen LogP contribution in [0.3, 0.4) is 0 Å². The van der Waals surface area contributed by atoms with Crippen LogP contribution in [0, 0.1) is 5.92 Å². The van der Waals surface area contributed by atoms with Gasteiger partial charge in [0.25, 0.3) is 5.91 Å². The number of carbonyl (C=O) groups excluding carboxylic acids is 1. The number of rotatable bonds is 5. The number of carbonyl (C=O) groups is 1. The highest BCUT2D eigenvalue weighted by molar-refractivity contribution is 7.89. The zero-order chi connectivity index (χ0) is 15.3. The molecule has 0 bridgehead atoms. The molecule has 0 aromatic heterocycles. The van der Waals surface area contributed by atoms with Gasteiger partial charge in [-0.2, -0.15) is 4.31 Å². The van der Waals surface area contributed by atoms with E-state index >= 15 is 0 Å². The van der Waals surface area contributed by atoms with Crippen molar-refractivity contribution in [3.05, 3.63) is 0 Å². The molecule has 1 saturated carbocycles. The molecule has 0 aromatic rings. The van der Waals surface area contributed by atoms with Crippen LogP contribution in [0.5, 0.6) is 0 Å². The van der Waals surface area contributed by atoms with Crippen molar-refractivity contribution in [1.82, 2.24) is 14.7 Å². The molecule has 122 valence electrons. The summed E-state index contributed by atoms with van der Waals surface area (Å²) in [7, 11) is -3.62. The average Bonchev–Trinajstić information content (AvgIpc) is 2.48. The molecule has 0 spiro atoms. The second-order valence-electron chi connectivity index (χ2n) is 5.99. The molecule has 2 N–H and O–H groups in total. The molecule has 1 saturated heterocycles. The molecule has 2 aliphatic rings. The number of piperazine rings is 1. The van der Waals surface area contributed by atoms with E-state index in [1.54, 1.807) is 0 Å². The molecule has 1 aliphatic carbocycles. The normalized spacial score (nSPS) is 23.1. The third-order valence-corrected chi connectivity index (χ3v) is 6.18. The van der Waals surface area contributed by atoms with E-state index in [1.165, 1.54) is 41.9 Å². The van der Waals surface area contributed by atoms with Gasteiger partial charge in [0.2, 0.25) is 10.0 Å². The van der Waals surface area contributed by atoms with Gasteiger partial charge in [-0.25, -0.2) is 13.9 Å². The lowest BCUT2D eigenvalue weighted by Gasteiger charge is -2.36. The van der Waals surface area contributed by atoms with E-state index < -0.39 is 21.7 Å². The maximum Gasteiger partial charge on any atom is 0.259 e. The lowest BCUT2D eigenvalue weighted by molar-refractivity contribution is -0.126. The van der Waals surface area contributed by atoms with E-state index in [0.29, 0.717) is 13.1 Å². The SMILES string of the molecule is O=C(CS(=O)(=O)N1CCN(CC2CCCCC2)CC1)NO. The summed E-state index contributed by atoms with van der Waals surface area (Å²) < 4.78 is 25.3. The summed E-state index contributed by atoms with van der Waals surface area (Å²) in [6.07, 6.45) is 6.55. The van der Waals surface area contributed by atoms with Crippen LogP contribution in [-0.2, 0) is 14.8 Å². The fourth-order valence-corrected chi connectivity index (χ4v) is 4.51. The Morgan fingerprint density at radius 1 is 1.10 bits per heavy atom. The van der Waals surface area contributed by atoms with Gasteiger partial charge in [-0.1, -0.05) is 19.3 Å². The maximum atomic E-state index is 12.0. The summed E-state index contributed by atoms with van der Waals surface area (Å²) in [5.41, 5.74) is 1.37. The second-order valence-corrected chi connectivity index (χ2v) is 7.96. The number of sulfonamides is 1. The molecule has 2 fully saturated rings. The summed E-state index contributed by atoms with van der Waals surface area (Å²) in [4.78, 5) is 13.3. The number of amides is 1. The first kappa shape index (κ1) is 16.7. The topological polar surface area (TPSA) is 90.0 Å². The minimum Gasteiger partial charge on any atom is -0.300 e. The van der Waals surface area contributed by atoms with E-state index in [-0.39, 0.29) is 0 Å². The first-order valence-electron chi connectivity index (χ1n) is 7.64. The molecule has 2 rings (SSSR count). The molecule has 0 aromatic carbocycles. The monoisotopic (exact) mass is 319 g/mol. The van der Waals surface area contributed by atoms with Gasteiger partial charge in [-0.05, 0) is 18.8 Å². The first-order chi connectivity index (χ1) is 10.0. The lowest BCUT2D eigenvalue weighted by Crippen LogP contribution is -2.51. The minimum absolute atomic E-state index is 0.424. The molecule has 1 amide bonds. The molecule has 0 atom stereocenters. The van der Waals surface area contributed by atoms with Gasteiger partial charge in [-0.3, -0.25) is 10.0 Å². The van der Waals surface area contributed by atoms with E-state index in [9.17, 15) is 13.2 Å². The predicted octanol–water partition coefficient (Wildman–Crippen LogP) is 0.0195. The number of hydroxylamine groups is 1. The number of nitrogens with one attached hydrogen (secondary N) is 1. The van der Waals surface area contributed by atoms with Crippen LogP contribution in [0.15, 0.2) is 0 Å². The highest BCUT2D eigenvalue weighted by atomic mass is 32.2. The smallest absolute Gasteiger partial charge is 0.259 e. The van der Waals surface area contributed by atoms with Crippen molar-refractivity contribution in [3.63, 3.8) is 0 Å². The third-order valence-electron chi connectivity index (χ3n) is 4.40. The van der Waals surface area contributed by atoms with Crippen molar-refractivity contribution in [2.24, 2.45) is 5.92 Å². The van der Waals surface area contributed by atoms with Crippen molar-refractivity contribution in [3.8, 4) is 0 Å². The predicted molar refractivity (Wildman–Crippen MR) is 78.3 cm³/mol. The lowest BCUT2D eigenvalue weighted by atomic mass is 9.89. The molecular weight excluding hydrogens is 294 g/mol. The Morgan fingerprint density at radius 3 is 2.29 bits per heavy atom. The van der Waals surface area contributed by atoms with Crippen LogP contribution in [-0.4, -0.2) is 67.2 Å². The van der Waals surface area contributed by atoms with Gasteiger partial charge < -0.3 is 4.90 Å². The fraction of sp³-hybridized carbons (Fsp3) is 0.923. The summed E-state index contributed by atoms with van der Waals surface area (Å²) in [6.45, 7) is 3.35.